The number of benzene rings is 1. The lowest BCUT2D eigenvalue weighted by Crippen LogP contribution is -1.93. The van der Waals surface area contributed by atoms with E-state index in [1.165, 1.54) is 5.56 Å². The van der Waals surface area contributed by atoms with Gasteiger partial charge in [-0.1, -0.05) is 56.0 Å². The van der Waals surface area contributed by atoms with Crippen LogP contribution in [0.2, 0.25) is 0 Å². The van der Waals surface area contributed by atoms with Crippen molar-refractivity contribution in [1.82, 2.24) is 0 Å². The first-order chi connectivity index (χ1) is 6.79. The molecule has 0 spiro atoms. The standard InChI is InChI=1S/C13H16O/c1-12(2)7-6-10-14-11-13-8-4-3-5-9-13/h3-5,8-9,12H,10-11H2,1-2H3. The quantitative estimate of drug-likeness (QED) is 0.523. The zero-order valence-electron chi connectivity index (χ0n) is 8.79. The number of rotatable bonds is 3. The molecule has 0 N–H and O–H groups in total. The minimum absolute atomic E-state index is 0.426. The van der Waals surface area contributed by atoms with Gasteiger partial charge in [0.15, 0.2) is 0 Å². The summed E-state index contributed by atoms with van der Waals surface area (Å²) >= 11 is 0. The van der Waals surface area contributed by atoms with Crippen LogP contribution in [-0.4, -0.2) is 6.61 Å². The average molecular weight is 188 g/mol. The summed E-state index contributed by atoms with van der Waals surface area (Å²) in [5.74, 6) is 6.47. The molecular formula is C13H16O. The van der Waals surface area contributed by atoms with Crippen LogP contribution in [0.1, 0.15) is 19.4 Å². The van der Waals surface area contributed by atoms with Crippen LogP contribution >= 0.6 is 0 Å². The summed E-state index contributed by atoms with van der Waals surface area (Å²) in [6.45, 7) is 5.31. The van der Waals surface area contributed by atoms with Crippen molar-refractivity contribution >= 4 is 0 Å². The second kappa shape index (κ2) is 6.23. The van der Waals surface area contributed by atoms with Gasteiger partial charge in [-0.15, -0.1) is 0 Å². The molecule has 1 nitrogen and oxygen atoms in total. The highest BCUT2D eigenvalue weighted by Crippen LogP contribution is 1.99. The Bertz CT molecular complexity index is 303. The van der Waals surface area contributed by atoms with Gasteiger partial charge in [0.1, 0.15) is 6.61 Å². The Hall–Kier alpha value is -1.26. The van der Waals surface area contributed by atoms with Gasteiger partial charge in [0, 0.05) is 5.92 Å². The summed E-state index contributed by atoms with van der Waals surface area (Å²) in [5.41, 5.74) is 1.19. The van der Waals surface area contributed by atoms with E-state index in [9.17, 15) is 0 Å². The Kier molecular flexibility index (Phi) is 4.82. The van der Waals surface area contributed by atoms with Gasteiger partial charge in [0.05, 0.1) is 6.61 Å². The van der Waals surface area contributed by atoms with Crippen LogP contribution in [-0.2, 0) is 11.3 Å². The lowest BCUT2D eigenvalue weighted by molar-refractivity contribution is 0.153. The van der Waals surface area contributed by atoms with Crippen molar-refractivity contribution in [1.29, 1.82) is 0 Å². The van der Waals surface area contributed by atoms with Gasteiger partial charge in [-0.3, -0.25) is 0 Å². The summed E-state index contributed by atoms with van der Waals surface area (Å²) in [5, 5.41) is 0. The highest BCUT2D eigenvalue weighted by Gasteiger charge is 1.88. The molecule has 0 aliphatic carbocycles. The van der Waals surface area contributed by atoms with Gasteiger partial charge in [0.25, 0.3) is 0 Å². The molecule has 0 aromatic heterocycles. The van der Waals surface area contributed by atoms with Gasteiger partial charge < -0.3 is 4.74 Å². The normalized spacial score (nSPS) is 9.64. The highest BCUT2D eigenvalue weighted by atomic mass is 16.5. The minimum atomic E-state index is 0.426. The molecule has 0 bridgehead atoms. The van der Waals surface area contributed by atoms with Crippen LogP contribution < -0.4 is 0 Å². The molecule has 1 aromatic rings. The molecule has 1 rings (SSSR count). The zero-order chi connectivity index (χ0) is 10.2. The molecule has 0 fully saturated rings. The molecule has 0 radical (unpaired) electrons. The fourth-order valence-electron chi connectivity index (χ4n) is 1.04. The van der Waals surface area contributed by atoms with Crippen molar-refractivity contribution < 1.29 is 4.74 Å². The van der Waals surface area contributed by atoms with Crippen LogP contribution in [0.15, 0.2) is 30.3 Å². The number of hydrogen-bond donors (Lipinski definition) is 0. The third-order valence-electron chi connectivity index (χ3n) is 1.68. The summed E-state index contributed by atoms with van der Waals surface area (Å²) in [6.07, 6.45) is 0. The van der Waals surface area contributed by atoms with Gasteiger partial charge in [0.2, 0.25) is 0 Å². The summed E-state index contributed by atoms with van der Waals surface area (Å²) in [4.78, 5) is 0. The van der Waals surface area contributed by atoms with E-state index in [-0.39, 0.29) is 0 Å². The van der Waals surface area contributed by atoms with Gasteiger partial charge in [-0.05, 0) is 5.56 Å². The minimum Gasteiger partial charge on any atom is -0.364 e. The Morgan fingerprint density at radius 2 is 1.93 bits per heavy atom. The zero-order valence-corrected chi connectivity index (χ0v) is 8.79. The molecule has 0 saturated heterocycles. The van der Waals surface area contributed by atoms with E-state index in [0.717, 1.165) is 0 Å². The fourth-order valence-corrected chi connectivity index (χ4v) is 1.04. The first-order valence-electron chi connectivity index (χ1n) is 4.89. The van der Waals surface area contributed by atoms with E-state index in [1.807, 2.05) is 18.2 Å². The third kappa shape index (κ3) is 4.69. The SMILES string of the molecule is CC(C)C#CCOCc1ccccc1. The van der Waals surface area contributed by atoms with Crippen LogP contribution in [0.4, 0.5) is 0 Å². The van der Waals surface area contributed by atoms with Crippen molar-refractivity contribution in [3.05, 3.63) is 35.9 Å². The average Bonchev–Trinajstić information content (AvgIpc) is 2.18. The number of ether oxygens (including phenoxy) is 1. The molecule has 0 heterocycles. The van der Waals surface area contributed by atoms with E-state index < -0.39 is 0 Å². The molecule has 0 saturated carbocycles. The largest absolute Gasteiger partial charge is 0.364 e. The molecule has 74 valence electrons. The Balaban J connectivity index is 2.21. The predicted molar refractivity (Wildman–Crippen MR) is 58.7 cm³/mol. The first kappa shape index (κ1) is 10.8. The Morgan fingerprint density at radius 1 is 1.21 bits per heavy atom. The molecule has 0 aliphatic rings. The van der Waals surface area contributed by atoms with Gasteiger partial charge in [-0.2, -0.15) is 0 Å². The second-order valence-corrected chi connectivity index (χ2v) is 3.45. The highest BCUT2D eigenvalue weighted by molar-refractivity contribution is 5.13. The maximum atomic E-state index is 5.40. The van der Waals surface area contributed by atoms with Crippen LogP contribution in [0, 0.1) is 17.8 Å². The van der Waals surface area contributed by atoms with E-state index in [4.69, 9.17) is 4.74 Å². The number of hydrogen-bond acceptors (Lipinski definition) is 1. The molecule has 1 aromatic carbocycles. The second-order valence-electron chi connectivity index (χ2n) is 3.45. The molecule has 0 aliphatic heterocycles. The van der Waals surface area contributed by atoms with E-state index in [2.05, 4.69) is 37.8 Å². The van der Waals surface area contributed by atoms with Crippen LogP contribution in [0.25, 0.3) is 0 Å². The molecule has 0 unspecified atom stereocenters. The predicted octanol–water partition coefficient (Wildman–Crippen LogP) is 2.86. The lowest BCUT2D eigenvalue weighted by Gasteiger charge is -1.99. The van der Waals surface area contributed by atoms with Crippen molar-refractivity contribution in [2.24, 2.45) is 5.92 Å². The van der Waals surface area contributed by atoms with Gasteiger partial charge >= 0.3 is 0 Å². The van der Waals surface area contributed by atoms with Crippen LogP contribution in [0.5, 0.6) is 0 Å². The fraction of sp³-hybridized carbons (Fsp3) is 0.385. The van der Waals surface area contributed by atoms with E-state index >= 15 is 0 Å². The topological polar surface area (TPSA) is 9.23 Å². The monoisotopic (exact) mass is 188 g/mol. The molecule has 0 atom stereocenters. The first-order valence-corrected chi connectivity index (χ1v) is 4.89. The van der Waals surface area contributed by atoms with Crippen molar-refractivity contribution in [2.45, 2.75) is 20.5 Å². The lowest BCUT2D eigenvalue weighted by atomic mass is 10.2. The molecular weight excluding hydrogens is 172 g/mol. The molecule has 14 heavy (non-hydrogen) atoms. The Morgan fingerprint density at radius 3 is 2.57 bits per heavy atom. The van der Waals surface area contributed by atoms with Crippen molar-refractivity contribution in [3.63, 3.8) is 0 Å². The van der Waals surface area contributed by atoms with Crippen LogP contribution in [0.3, 0.4) is 0 Å². The Labute approximate surface area is 86.1 Å². The van der Waals surface area contributed by atoms with E-state index in [1.54, 1.807) is 0 Å². The smallest absolute Gasteiger partial charge is 0.108 e. The summed E-state index contributed by atoms with van der Waals surface area (Å²) < 4.78 is 5.40. The van der Waals surface area contributed by atoms with Gasteiger partial charge in [-0.25, -0.2) is 0 Å². The molecule has 1 heteroatoms. The van der Waals surface area contributed by atoms with E-state index in [0.29, 0.717) is 19.1 Å². The maximum Gasteiger partial charge on any atom is 0.108 e. The molecule has 0 amide bonds. The third-order valence-corrected chi connectivity index (χ3v) is 1.68. The summed E-state index contributed by atoms with van der Waals surface area (Å²) in [6, 6.07) is 10.1. The van der Waals surface area contributed by atoms with Crippen molar-refractivity contribution in [2.75, 3.05) is 6.61 Å². The maximum absolute atomic E-state index is 5.40. The summed E-state index contributed by atoms with van der Waals surface area (Å²) in [7, 11) is 0. The van der Waals surface area contributed by atoms with Crippen molar-refractivity contribution in [3.8, 4) is 11.8 Å².